The number of carbonyl (C=O) groups is 6. The van der Waals surface area contributed by atoms with E-state index in [0.29, 0.717) is 19.4 Å². The van der Waals surface area contributed by atoms with Crippen LogP contribution in [0.25, 0.3) is 0 Å². The number of carbonyl (C=O) groups excluding carboxylic acids is 3. The first-order valence-electron chi connectivity index (χ1n) is 11.3. The highest BCUT2D eigenvalue weighted by Gasteiger charge is 2.31. The van der Waals surface area contributed by atoms with Crippen molar-refractivity contribution >= 4 is 35.6 Å². The van der Waals surface area contributed by atoms with Crippen molar-refractivity contribution in [2.24, 2.45) is 17.4 Å². The topological polar surface area (TPSA) is 251 Å². The number of unbranched alkanes of at least 4 members (excludes halogenated alkanes) is 1. The van der Waals surface area contributed by atoms with E-state index in [4.69, 9.17) is 21.7 Å². The van der Waals surface area contributed by atoms with E-state index < -0.39 is 72.6 Å². The SMILES string of the molecule is CC(C)C[C@H](NC(=O)[C@H](CCC(=O)O)NC(=O)[C@H](N)CC(=O)O)C(=O)N[C@H](CCCCN)C(=O)O. The molecule has 0 unspecified atom stereocenters. The number of nitrogens with one attached hydrogen (secondary N) is 3. The fourth-order valence-electron chi connectivity index (χ4n) is 3.09. The van der Waals surface area contributed by atoms with Crippen LogP contribution in [0.15, 0.2) is 0 Å². The second-order valence-corrected chi connectivity index (χ2v) is 8.57. The van der Waals surface area contributed by atoms with Gasteiger partial charge in [-0.15, -0.1) is 0 Å². The standard InChI is InChI=1S/C21H37N5O9/c1-11(2)9-15(20(33)25-14(21(34)35)5-3-4-8-22)26-19(32)13(6-7-16(27)28)24-18(31)12(23)10-17(29)30/h11-15H,3-10,22-23H2,1-2H3,(H,24,31)(H,25,33)(H,26,32)(H,27,28)(H,29,30)(H,34,35)/t12-,13+,14-,15+/m1/s1. The van der Waals surface area contributed by atoms with Gasteiger partial charge >= 0.3 is 17.9 Å². The van der Waals surface area contributed by atoms with Crippen LogP contribution >= 0.6 is 0 Å². The summed E-state index contributed by atoms with van der Waals surface area (Å²) in [6, 6.07) is -5.26. The lowest BCUT2D eigenvalue weighted by molar-refractivity contribution is -0.142. The first-order valence-corrected chi connectivity index (χ1v) is 11.3. The molecule has 0 spiro atoms. The molecule has 200 valence electrons. The van der Waals surface area contributed by atoms with Gasteiger partial charge in [-0.3, -0.25) is 24.0 Å². The Hall–Kier alpha value is -3.26. The average molecular weight is 504 g/mol. The van der Waals surface area contributed by atoms with Crippen molar-refractivity contribution in [2.75, 3.05) is 6.54 Å². The van der Waals surface area contributed by atoms with Gasteiger partial charge in [0, 0.05) is 6.42 Å². The minimum atomic E-state index is -1.48. The lowest BCUT2D eigenvalue weighted by Gasteiger charge is -2.26. The molecule has 0 aliphatic rings. The van der Waals surface area contributed by atoms with Crippen LogP contribution in [0, 0.1) is 5.92 Å². The first kappa shape index (κ1) is 31.7. The molecule has 14 nitrogen and oxygen atoms in total. The van der Waals surface area contributed by atoms with Gasteiger partial charge in [-0.1, -0.05) is 13.8 Å². The molecule has 4 atom stereocenters. The smallest absolute Gasteiger partial charge is 0.326 e. The molecular formula is C21H37N5O9. The Morgan fingerprint density at radius 3 is 1.77 bits per heavy atom. The second kappa shape index (κ2) is 16.4. The van der Waals surface area contributed by atoms with Gasteiger partial charge in [-0.2, -0.15) is 0 Å². The van der Waals surface area contributed by atoms with Crippen molar-refractivity contribution in [3.63, 3.8) is 0 Å². The van der Waals surface area contributed by atoms with Gasteiger partial charge < -0.3 is 42.7 Å². The maximum atomic E-state index is 12.9. The zero-order chi connectivity index (χ0) is 27.1. The summed E-state index contributed by atoms with van der Waals surface area (Å²) in [6.07, 6.45) is -0.257. The number of hydrogen-bond acceptors (Lipinski definition) is 8. The van der Waals surface area contributed by atoms with Crippen molar-refractivity contribution in [1.29, 1.82) is 0 Å². The van der Waals surface area contributed by atoms with Crippen molar-refractivity contribution in [1.82, 2.24) is 16.0 Å². The average Bonchev–Trinajstić information content (AvgIpc) is 2.73. The lowest BCUT2D eigenvalue weighted by atomic mass is 10.0. The fraction of sp³-hybridized carbons (Fsp3) is 0.714. The molecule has 0 bridgehead atoms. The minimum absolute atomic E-state index is 0.0948. The van der Waals surface area contributed by atoms with Crippen molar-refractivity contribution in [3.05, 3.63) is 0 Å². The first-order chi connectivity index (χ1) is 16.3. The summed E-state index contributed by atoms with van der Waals surface area (Å²) in [5, 5.41) is 34.2. The van der Waals surface area contributed by atoms with E-state index in [1.165, 1.54) is 0 Å². The van der Waals surface area contributed by atoms with Crippen LogP contribution in [0.1, 0.15) is 58.8 Å². The summed E-state index contributed by atoms with van der Waals surface area (Å²) < 4.78 is 0. The number of aliphatic carboxylic acids is 3. The minimum Gasteiger partial charge on any atom is -0.481 e. The van der Waals surface area contributed by atoms with E-state index in [-0.39, 0.29) is 25.2 Å². The second-order valence-electron chi connectivity index (χ2n) is 8.57. The van der Waals surface area contributed by atoms with Gasteiger partial charge in [0.25, 0.3) is 0 Å². The van der Waals surface area contributed by atoms with Gasteiger partial charge in [0.15, 0.2) is 0 Å². The third-order valence-corrected chi connectivity index (χ3v) is 4.91. The Morgan fingerprint density at radius 1 is 0.743 bits per heavy atom. The molecule has 0 radical (unpaired) electrons. The van der Waals surface area contributed by atoms with E-state index in [2.05, 4.69) is 16.0 Å². The predicted molar refractivity (Wildman–Crippen MR) is 123 cm³/mol. The molecule has 0 heterocycles. The number of carboxylic acid groups (broad SMARTS) is 3. The van der Waals surface area contributed by atoms with E-state index in [1.54, 1.807) is 13.8 Å². The van der Waals surface area contributed by atoms with E-state index in [9.17, 15) is 33.9 Å². The molecule has 0 saturated heterocycles. The Labute approximate surface area is 203 Å². The molecule has 0 fully saturated rings. The Balaban J connectivity index is 5.53. The molecule has 10 N–H and O–H groups in total. The molecular weight excluding hydrogens is 466 g/mol. The normalized spacial score (nSPS) is 14.3. The fourth-order valence-corrected chi connectivity index (χ4v) is 3.09. The highest BCUT2D eigenvalue weighted by Crippen LogP contribution is 2.09. The van der Waals surface area contributed by atoms with E-state index >= 15 is 0 Å². The zero-order valence-electron chi connectivity index (χ0n) is 20.0. The summed E-state index contributed by atoms with van der Waals surface area (Å²) >= 11 is 0. The van der Waals surface area contributed by atoms with Crippen LogP contribution in [0.3, 0.4) is 0 Å². The van der Waals surface area contributed by atoms with Crippen molar-refractivity contribution in [3.8, 4) is 0 Å². The summed E-state index contributed by atoms with van der Waals surface area (Å²) in [5.74, 6) is -6.55. The number of nitrogens with two attached hydrogens (primary N) is 2. The van der Waals surface area contributed by atoms with Gasteiger partial charge in [0.05, 0.1) is 12.5 Å². The summed E-state index contributed by atoms with van der Waals surface area (Å²) in [7, 11) is 0. The number of hydrogen-bond donors (Lipinski definition) is 8. The molecule has 0 aliphatic heterocycles. The summed E-state index contributed by atoms with van der Waals surface area (Å²) in [5.41, 5.74) is 10.9. The Morgan fingerprint density at radius 2 is 1.29 bits per heavy atom. The molecule has 14 heteroatoms. The maximum absolute atomic E-state index is 12.9. The molecule has 0 rings (SSSR count). The van der Waals surface area contributed by atoms with Crippen LogP contribution in [0.4, 0.5) is 0 Å². The molecule has 3 amide bonds. The highest BCUT2D eigenvalue weighted by molar-refractivity contribution is 5.94. The van der Waals surface area contributed by atoms with Crippen molar-refractivity contribution < 1.29 is 44.1 Å². The quantitative estimate of drug-likeness (QED) is 0.0985. The number of amides is 3. The largest absolute Gasteiger partial charge is 0.481 e. The summed E-state index contributed by atoms with van der Waals surface area (Å²) in [4.78, 5) is 71.2. The molecule has 0 aromatic carbocycles. The van der Waals surface area contributed by atoms with Crippen LogP contribution in [0.2, 0.25) is 0 Å². The van der Waals surface area contributed by atoms with Gasteiger partial charge in [0.1, 0.15) is 18.1 Å². The number of rotatable bonds is 18. The van der Waals surface area contributed by atoms with Crippen LogP contribution in [-0.2, 0) is 28.8 Å². The molecule has 0 aliphatic carbocycles. The van der Waals surface area contributed by atoms with Gasteiger partial charge in [-0.25, -0.2) is 4.79 Å². The van der Waals surface area contributed by atoms with Crippen molar-refractivity contribution in [2.45, 2.75) is 83.0 Å². The maximum Gasteiger partial charge on any atom is 0.326 e. The van der Waals surface area contributed by atoms with E-state index in [1.807, 2.05) is 0 Å². The monoisotopic (exact) mass is 503 g/mol. The Kier molecular flexibility index (Phi) is 14.9. The summed E-state index contributed by atoms with van der Waals surface area (Å²) in [6.45, 7) is 3.92. The lowest BCUT2D eigenvalue weighted by Crippen LogP contribution is -2.57. The molecule has 0 saturated carbocycles. The third kappa shape index (κ3) is 13.9. The molecule has 0 aromatic rings. The van der Waals surface area contributed by atoms with E-state index in [0.717, 1.165) is 0 Å². The highest BCUT2D eigenvalue weighted by atomic mass is 16.4. The van der Waals surface area contributed by atoms with Gasteiger partial charge in [-0.05, 0) is 44.6 Å². The third-order valence-electron chi connectivity index (χ3n) is 4.91. The zero-order valence-corrected chi connectivity index (χ0v) is 20.0. The molecule has 0 aromatic heterocycles. The molecule has 35 heavy (non-hydrogen) atoms. The number of carboxylic acids is 3. The van der Waals surface area contributed by atoms with Gasteiger partial charge in [0.2, 0.25) is 17.7 Å². The van der Waals surface area contributed by atoms with Crippen LogP contribution in [-0.4, -0.2) is 81.7 Å². The van der Waals surface area contributed by atoms with Crippen LogP contribution < -0.4 is 27.4 Å². The predicted octanol–water partition coefficient (Wildman–Crippen LogP) is -1.63. The Bertz CT molecular complexity index is 759. The van der Waals surface area contributed by atoms with Crippen LogP contribution in [0.5, 0.6) is 0 Å².